The molecule has 5 N–H and O–H groups in total. The van der Waals surface area contributed by atoms with Crippen molar-refractivity contribution in [3.63, 3.8) is 0 Å². The fraction of sp³-hybridized carbons (Fsp3) is 0.750. The zero-order valence-corrected chi connectivity index (χ0v) is 7.94. The summed E-state index contributed by atoms with van der Waals surface area (Å²) >= 11 is 0. The number of unbranched alkanes of at least 4 members (excludes halogenated alkanes) is 1. The van der Waals surface area contributed by atoms with Gasteiger partial charge >= 0.3 is 11.9 Å². The van der Waals surface area contributed by atoms with Crippen LogP contribution in [0.25, 0.3) is 0 Å². The highest BCUT2D eigenvalue weighted by Gasteiger charge is 2.09. The molecule has 6 heteroatoms. The zero-order valence-electron chi connectivity index (χ0n) is 7.94. The Labute approximate surface area is 82.2 Å². The van der Waals surface area contributed by atoms with E-state index in [1.54, 1.807) is 0 Å². The number of rotatable bonds is 7. The third-order valence-electron chi connectivity index (χ3n) is 1.78. The van der Waals surface area contributed by atoms with Crippen molar-refractivity contribution in [3.05, 3.63) is 0 Å². The number of hydrogen-bond donors (Lipinski definition) is 3. The number of aliphatic carboxylic acids is 1. The van der Waals surface area contributed by atoms with E-state index in [0.29, 0.717) is 19.3 Å². The van der Waals surface area contributed by atoms with E-state index in [0.717, 1.165) is 0 Å². The summed E-state index contributed by atoms with van der Waals surface area (Å²) in [7, 11) is 0. The Hall–Kier alpha value is -1.14. The lowest BCUT2D eigenvalue weighted by Gasteiger charge is -2.08. The molecule has 0 rings (SSSR count). The first-order chi connectivity index (χ1) is 6.56. The summed E-state index contributed by atoms with van der Waals surface area (Å²) in [6.45, 7) is 0. The van der Waals surface area contributed by atoms with Crippen molar-refractivity contribution >= 4 is 11.9 Å². The van der Waals surface area contributed by atoms with Gasteiger partial charge in [-0.05, 0) is 12.8 Å². The van der Waals surface area contributed by atoms with Crippen molar-refractivity contribution < 1.29 is 19.5 Å². The summed E-state index contributed by atoms with van der Waals surface area (Å²) in [5.41, 5.74) is 5.56. The Morgan fingerprint density at radius 1 is 1.36 bits per heavy atom. The molecule has 0 amide bonds. The second-order valence-corrected chi connectivity index (χ2v) is 3.09. The van der Waals surface area contributed by atoms with Gasteiger partial charge in [-0.1, -0.05) is 6.42 Å². The normalized spacial score (nSPS) is 12.1. The number of carbonyl (C=O) groups is 2. The number of carbonyl (C=O) groups excluding carboxylic acids is 1. The Balaban J connectivity index is 3.39. The molecule has 0 radical (unpaired) electrons. The minimum atomic E-state index is -0.820. The van der Waals surface area contributed by atoms with Gasteiger partial charge in [-0.2, -0.15) is 5.90 Å². The highest BCUT2D eigenvalue weighted by atomic mass is 16.7. The second-order valence-electron chi connectivity index (χ2n) is 3.09. The van der Waals surface area contributed by atoms with E-state index in [1.165, 1.54) is 0 Å². The van der Waals surface area contributed by atoms with Gasteiger partial charge in [-0.15, -0.1) is 0 Å². The molecule has 0 aromatic carbocycles. The SMILES string of the molecule is NOC(=O)CC(N)CCCCC(=O)O. The molecule has 0 aliphatic rings. The van der Waals surface area contributed by atoms with E-state index in [1.807, 2.05) is 0 Å². The van der Waals surface area contributed by atoms with Gasteiger partial charge in [0.1, 0.15) is 0 Å². The van der Waals surface area contributed by atoms with Gasteiger partial charge in [0.05, 0.1) is 6.42 Å². The van der Waals surface area contributed by atoms with Gasteiger partial charge in [0.25, 0.3) is 0 Å². The first-order valence-electron chi connectivity index (χ1n) is 4.43. The van der Waals surface area contributed by atoms with Gasteiger partial charge in [0.2, 0.25) is 0 Å². The summed E-state index contributed by atoms with van der Waals surface area (Å²) < 4.78 is 0. The maximum absolute atomic E-state index is 10.6. The van der Waals surface area contributed by atoms with Crippen LogP contribution in [0.2, 0.25) is 0 Å². The predicted octanol–water partition coefficient (Wildman–Crippen LogP) is -0.234. The summed E-state index contributed by atoms with van der Waals surface area (Å²) in [5, 5.41) is 8.34. The molecule has 0 aromatic rings. The van der Waals surface area contributed by atoms with E-state index in [-0.39, 0.29) is 18.9 Å². The highest BCUT2D eigenvalue weighted by Crippen LogP contribution is 2.05. The molecule has 82 valence electrons. The number of carboxylic acids is 1. The lowest BCUT2D eigenvalue weighted by molar-refractivity contribution is -0.144. The van der Waals surface area contributed by atoms with E-state index in [9.17, 15) is 9.59 Å². The first-order valence-corrected chi connectivity index (χ1v) is 4.43. The summed E-state index contributed by atoms with van der Waals surface area (Å²) in [6.07, 6.45) is 2.06. The molecule has 0 aliphatic heterocycles. The van der Waals surface area contributed by atoms with E-state index in [2.05, 4.69) is 10.7 Å². The third kappa shape index (κ3) is 7.51. The van der Waals surface area contributed by atoms with Crippen LogP contribution in [-0.4, -0.2) is 23.1 Å². The maximum Gasteiger partial charge on any atom is 0.325 e. The van der Waals surface area contributed by atoms with Gasteiger partial charge in [0.15, 0.2) is 0 Å². The van der Waals surface area contributed by atoms with Crippen LogP contribution in [0.15, 0.2) is 0 Å². The minimum absolute atomic E-state index is 0.0730. The summed E-state index contributed by atoms with van der Waals surface area (Å²) in [5.74, 6) is 3.27. The smallest absolute Gasteiger partial charge is 0.325 e. The molecule has 14 heavy (non-hydrogen) atoms. The number of carboxylic acid groups (broad SMARTS) is 1. The fourth-order valence-electron chi connectivity index (χ4n) is 1.05. The quantitative estimate of drug-likeness (QED) is 0.389. The van der Waals surface area contributed by atoms with Gasteiger partial charge < -0.3 is 15.7 Å². The first kappa shape index (κ1) is 12.9. The lowest BCUT2D eigenvalue weighted by atomic mass is 10.1. The molecule has 0 bridgehead atoms. The molecular formula is C8H16N2O4. The largest absolute Gasteiger partial charge is 0.481 e. The topological polar surface area (TPSA) is 116 Å². The van der Waals surface area contributed by atoms with Crippen molar-refractivity contribution in [1.29, 1.82) is 0 Å². The molecule has 1 unspecified atom stereocenters. The molecular weight excluding hydrogens is 188 g/mol. The van der Waals surface area contributed by atoms with Gasteiger partial charge in [0, 0.05) is 12.5 Å². The van der Waals surface area contributed by atoms with Crippen LogP contribution in [0, 0.1) is 0 Å². The van der Waals surface area contributed by atoms with Crippen LogP contribution in [0.3, 0.4) is 0 Å². The Kier molecular flexibility index (Phi) is 6.69. The summed E-state index contributed by atoms with van der Waals surface area (Å²) in [6, 6.07) is -0.306. The second kappa shape index (κ2) is 7.28. The Morgan fingerprint density at radius 3 is 2.50 bits per heavy atom. The molecule has 6 nitrogen and oxygen atoms in total. The van der Waals surface area contributed by atoms with Crippen LogP contribution >= 0.6 is 0 Å². The van der Waals surface area contributed by atoms with Crippen LogP contribution < -0.4 is 11.6 Å². The molecule has 0 saturated heterocycles. The highest BCUT2D eigenvalue weighted by molar-refractivity contribution is 5.69. The predicted molar refractivity (Wildman–Crippen MR) is 49.0 cm³/mol. The van der Waals surface area contributed by atoms with Crippen molar-refractivity contribution in [2.24, 2.45) is 11.6 Å². The van der Waals surface area contributed by atoms with Crippen LogP contribution in [-0.2, 0) is 14.4 Å². The Bertz CT molecular complexity index is 196. The van der Waals surface area contributed by atoms with Crippen LogP contribution in [0.5, 0.6) is 0 Å². The van der Waals surface area contributed by atoms with Crippen molar-refractivity contribution in [2.75, 3.05) is 0 Å². The number of nitrogens with two attached hydrogens (primary N) is 2. The van der Waals surface area contributed by atoms with Crippen molar-refractivity contribution in [3.8, 4) is 0 Å². The maximum atomic E-state index is 10.6. The van der Waals surface area contributed by atoms with Gasteiger partial charge in [-0.25, -0.2) is 0 Å². The molecule has 0 aliphatic carbocycles. The molecule has 1 atom stereocenters. The monoisotopic (exact) mass is 204 g/mol. The van der Waals surface area contributed by atoms with Crippen LogP contribution in [0.4, 0.5) is 0 Å². The van der Waals surface area contributed by atoms with Crippen molar-refractivity contribution in [2.45, 2.75) is 38.1 Å². The third-order valence-corrected chi connectivity index (χ3v) is 1.78. The molecule has 0 fully saturated rings. The average molecular weight is 204 g/mol. The minimum Gasteiger partial charge on any atom is -0.481 e. The average Bonchev–Trinajstić information content (AvgIpc) is 2.12. The molecule has 0 heterocycles. The van der Waals surface area contributed by atoms with Crippen LogP contribution in [0.1, 0.15) is 32.1 Å². The van der Waals surface area contributed by atoms with Gasteiger partial charge in [-0.3, -0.25) is 9.59 Å². The Morgan fingerprint density at radius 2 is 2.00 bits per heavy atom. The standard InChI is InChI=1S/C8H16N2O4/c9-6(5-8(13)14-10)3-1-2-4-7(11)12/h6H,1-5,9-10H2,(H,11,12). The number of hydrogen-bond acceptors (Lipinski definition) is 5. The lowest BCUT2D eigenvalue weighted by Crippen LogP contribution is -2.26. The summed E-state index contributed by atoms with van der Waals surface area (Å²) in [4.78, 5) is 24.7. The molecule has 0 aromatic heterocycles. The fourth-order valence-corrected chi connectivity index (χ4v) is 1.05. The molecule has 0 spiro atoms. The van der Waals surface area contributed by atoms with E-state index >= 15 is 0 Å². The van der Waals surface area contributed by atoms with E-state index < -0.39 is 11.9 Å². The van der Waals surface area contributed by atoms with E-state index in [4.69, 9.17) is 10.8 Å². The molecule has 0 saturated carbocycles. The van der Waals surface area contributed by atoms with Crippen molar-refractivity contribution in [1.82, 2.24) is 0 Å². The zero-order chi connectivity index (χ0) is 11.0.